The summed E-state index contributed by atoms with van der Waals surface area (Å²) in [6.45, 7) is 6.13. The SMILES string of the molecule is CN1C=CN(c2[c-]cccc2)[CH-]1.CN1[CH-]N(c2[c-]cccc2)c2ccccc21.[Ir+3].[Ir+3].[Ir+3].[c-]1ccccc1N1C=CN(c2ccccc2)[CH-]1.[c-]1ccccc1[Si](c1ccccc1)(c1ccccc1)c1ccccn1.[c-]1ccccc1[Si](c1ccccc1)(c1ccccc1)c1ccccn1.[c-]1ccccc1[Si](c1ccccc1)(c1ccccc1)c1ccccn1. The minimum atomic E-state index is -2.47. The van der Waals surface area contributed by atoms with Crippen LogP contribution >= 0.6 is 0 Å². The number of aromatic nitrogens is 3. The van der Waals surface area contributed by atoms with E-state index >= 15 is 0 Å². The van der Waals surface area contributed by atoms with Gasteiger partial charge in [0, 0.05) is 51.6 Å². The fraction of sp³-hybridized carbons (Fsp3) is 0.0185. The molecule has 123 heavy (non-hydrogen) atoms. The van der Waals surface area contributed by atoms with Crippen molar-refractivity contribution in [1.82, 2.24) is 19.9 Å². The van der Waals surface area contributed by atoms with Crippen LogP contribution in [0.1, 0.15) is 0 Å². The van der Waals surface area contributed by atoms with Gasteiger partial charge in [-0.3, -0.25) is 15.0 Å². The van der Waals surface area contributed by atoms with Crippen molar-refractivity contribution in [1.29, 1.82) is 0 Å². The van der Waals surface area contributed by atoms with E-state index in [1.54, 1.807) is 0 Å². The van der Waals surface area contributed by atoms with Crippen LogP contribution in [-0.2, 0) is 60.3 Å². The van der Waals surface area contributed by atoms with Crippen LogP contribution in [0.2, 0.25) is 0 Å². The van der Waals surface area contributed by atoms with E-state index in [4.69, 9.17) is 15.0 Å². The molecule has 604 valence electrons. The predicted molar refractivity (Wildman–Crippen MR) is 506 cm³/mol. The van der Waals surface area contributed by atoms with Gasteiger partial charge in [-0.05, 0) is 131 Å². The maximum Gasteiger partial charge on any atom is 3.00 e. The van der Waals surface area contributed by atoms with Crippen molar-refractivity contribution in [2.45, 2.75) is 0 Å². The zero-order valence-corrected chi connectivity index (χ0v) is 78.1. The van der Waals surface area contributed by atoms with Crippen LogP contribution in [0.5, 0.6) is 0 Å². The molecule has 0 unspecified atom stereocenters. The summed E-state index contributed by atoms with van der Waals surface area (Å²) in [5.74, 6) is 0. The molecular weight excluding hydrogens is 2080 g/mol. The van der Waals surface area contributed by atoms with Gasteiger partial charge in [0.1, 0.15) is 0 Å². The first-order chi connectivity index (χ1) is 59.4. The number of para-hydroxylation sites is 6. The van der Waals surface area contributed by atoms with Gasteiger partial charge in [0.25, 0.3) is 0 Å². The average molecular weight is 2170 g/mol. The van der Waals surface area contributed by atoms with Gasteiger partial charge in [0.05, 0.1) is 0 Å². The standard InChI is InChI=1S/3C23H18NSi.C15H12N2.C14H12N2.C10H10N2.3Ir/c3*1-4-12-20(13-5-1)25(21-14-6-2-7-15-21,22-16-8-3-9-17-22)23-18-10-11-19-24-23;1-3-7-14(8-4-1)16-11-12-17(13-16)15-9-5-2-6-10-15;1-15-11-16(12-7-3-2-4-8-12)14-10-6-5-9-13(14)15;1-11-7-8-12(9-11)10-5-3-2-4-6-10;;;/h3*1-16,18-19H;1-9,11-13H;2-7,9-11H,1H3;2-5,7-9H,1H3;;;/q3*-1;3*-2;3*+3. The summed E-state index contributed by atoms with van der Waals surface area (Å²) in [5, 5.41) is 15.0. The molecule has 3 aliphatic rings. The van der Waals surface area contributed by atoms with Gasteiger partial charge in [-0.25, -0.2) is 0 Å². The molecule has 14 aromatic carbocycles. The maximum atomic E-state index is 4.82. The second-order valence-electron chi connectivity index (χ2n) is 28.3. The summed E-state index contributed by atoms with van der Waals surface area (Å²) in [5.41, 5.74) is 6.76. The van der Waals surface area contributed by atoms with Crippen molar-refractivity contribution >= 4 is 121 Å². The summed E-state index contributed by atoms with van der Waals surface area (Å²) in [6, 6.07) is 171. The van der Waals surface area contributed by atoms with Gasteiger partial charge in [-0.1, -0.05) is 231 Å². The topological polar surface area (TPSA) is 58.1 Å². The van der Waals surface area contributed by atoms with Gasteiger partial charge >= 0.3 is 60.3 Å². The van der Waals surface area contributed by atoms with Crippen LogP contribution in [0.3, 0.4) is 0 Å². The van der Waals surface area contributed by atoms with E-state index in [0.29, 0.717) is 0 Å². The Kier molecular flexibility index (Phi) is 33.0. The van der Waals surface area contributed by atoms with Crippen molar-refractivity contribution in [3.63, 3.8) is 0 Å². The van der Waals surface area contributed by atoms with Gasteiger partial charge in [0.2, 0.25) is 0 Å². The molecule has 0 spiro atoms. The Morgan fingerprint density at radius 1 is 0.236 bits per heavy atom. The zero-order valence-electron chi connectivity index (χ0n) is 67.9. The first-order valence-electron chi connectivity index (χ1n) is 40.0. The number of nitrogens with zero attached hydrogens (tertiary/aromatic N) is 9. The van der Waals surface area contributed by atoms with Gasteiger partial charge in [-0.15, -0.1) is 23.7 Å². The molecule has 0 amide bonds. The molecule has 3 aliphatic heterocycles. The van der Waals surface area contributed by atoms with Crippen molar-refractivity contribution in [2.24, 2.45) is 0 Å². The monoisotopic (exact) mass is 2170 g/mol. The van der Waals surface area contributed by atoms with Crippen LogP contribution < -0.4 is 87.1 Å². The summed E-state index contributed by atoms with van der Waals surface area (Å²) in [7, 11) is -3.34. The summed E-state index contributed by atoms with van der Waals surface area (Å²) in [6.07, 6.45) is 13.8. The Balaban J connectivity index is 0.000000136. The molecule has 0 atom stereocenters. The minimum Gasteiger partial charge on any atom is -0.510 e. The van der Waals surface area contributed by atoms with Crippen LogP contribution in [0.25, 0.3) is 0 Å². The fourth-order valence-electron chi connectivity index (χ4n) is 15.4. The minimum absolute atomic E-state index is 0. The zero-order chi connectivity index (χ0) is 81.7. The molecule has 0 aliphatic carbocycles. The van der Waals surface area contributed by atoms with Crippen molar-refractivity contribution in [3.05, 3.63) is 537 Å². The van der Waals surface area contributed by atoms with Crippen molar-refractivity contribution in [2.75, 3.05) is 38.6 Å². The summed E-state index contributed by atoms with van der Waals surface area (Å²) >= 11 is 0. The Morgan fingerprint density at radius 3 is 0.813 bits per heavy atom. The number of fused-ring (bicyclic) bond motifs is 1. The molecule has 0 bridgehead atoms. The van der Waals surface area contributed by atoms with E-state index in [0.717, 1.165) is 38.7 Å². The quantitative estimate of drug-likeness (QED) is 0.0535. The largest absolute Gasteiger partial charge is 3.00 e. The van der Waals surface area contributed by atoms with Crippen LogP contribution in [-0.4, -0.2) is 58.2 Å². The molecule has 0 N–H and O–H groups in total. The molecule has 6 heterocycles. The molecule has 3 aromatic heterocycles. The Labute approximate surface area is 769 Å². The normalized spacial score (nSPS) is 12.2. The molecule has 0 radical (unpaired) electrons. The maximum absolute atomic E-state index is 4.82. The molecule has 0 saturated carbocycles. The molecule has 0 saturated heterocycles. The third-order valence-electron chi connectivity index (χ3n) is 20.9. The second kappa shape index (κ2) is 45.3. The smallest absolute Gasteiger partial charge is 0.510 e. The molecule has 17 aromatic rings. The Bertz CT molecular complexity index is 5000. The van der Waals surface area contributed by atoms with E-state index in [1.165, 1.54) is 58.1 Å². The second-order valence-corrected chi connectivity index (χ2v) is 39.4. The number of pyridine rings is 3. The van der Waals surface area contributed by atoms with Crippen LogP contribution in [0.4, 0.5) is 34.1 Å². The van der Waals surface area contributed by atoms with Crippen molar-refractivity contribution in [3.8, 4) is 0 Å². The van der Waals surface area contributed by atoms with E-state index in [9.17, 15) is 0 Å². The Hall–Kier alpha value is -12.6. The number of anilines is 6. The number of rotatable bonds is 16. The van der Waals surface area contributed by atoms with E-state index in [1.807, 2.05) is 218 Å². The van der Waals surface area contributed by atoms with E-state index in [-0.39, 0.29) is 60.3 Å². The predicted octanol–water partition coefficient (Wildman–Crippen LogP) is 15.2. The fourth-order valence-corrected chi connectivity index (χ4v) is 28.8. The van der Waals surface area contributed by atoms with E-state index in [2.05, 4.69) is 362 Å². The first-order valence-corrected chi connectivity index (χ1v) is 46.0. The van der Waals surface area contributed by atoms with Gasteiger partial charge in [0.15, 0.2) is 24.2 Å². The van der Waals surface area contributed by atoms with Gasteiger partial charge in [-0.2, -0.15) is 211 Å². The molecule has 15 heteroatoms. The van der Waals surface area contributed by atoms with Crippen LogP contribution in [0, 0.1) is 56.4 Å². The first kappa shape index (κ1) is 89.7. The number of hydrogen-bond donors (Lipinski definition) is 0. The molecule has 0 fully saturated rings. The third-order valence-corrected chi connectivity index (χ3v) is 34.6. The molecular formula is C108H88Ir3N9Si3. The van der Waals surface area contributed by atoms with Gasteiger partial charge < -0.3 is 29.4 Å². The third kappa shape index (κ3) is 21.1. The summed E-state index contributed by atoms with van der Waals surface area (Å²) in [4.78, 5) is 26.9. The summed E-state index contributed by atoms with van der Waals surface area (Å²) < 4.78 is 0. The van der Waals surface area contributed by atoms with E-state index < -0.39 is 24.2 Å². The molecule has 20 rings (SSSR count). The molecule has 9 nitrogen and oxygen atoms in total. The van der Waals surface area contributed by atoms with Crippen molar-refractivity contribution < 1.29 is 60.3 Å². The van der Waals surface area contributed by atoms with Crippen LogP contribution in [0.15, 0.2) is 480 Å². The average Bonchev–Trinajstić information content (AvgIpc) is 1.68. The number of benzene rings is 14. The Morgan fingerprint density at radius 2 is 0.512 bits per heavy atom. The number of hydrogen-bond acceptors (Lipinski definition) is 9.